The van der Waals surface area contributed by atoms with Crippen LogP contribution in [0.4, 0.5) is 13.2 Å². The Morgan fingerprint density at radius 2 is 1.85 bits per heavy atom. The largest absolute Gasteiger partial charge is 0.416 e. The van der Waals surface area contributed by atoms with E-state index in [4.69, 9.17) is 12.2 Å². The normalized spacial score (nSPS) is 11.6. The lowest BCUT2D eigenvalue weighted by Gasteiger charge is -2.13. The summed E-state index contributed by atoms with van der Waals surface area (Å²) >= 11 is 4.81. The average Bonchev–Trinajstić information content (AvgIpc) is 2.33. The molecule has 0 bridgehead atoms. The van der Waals surface area contributed by atoms with Gasteiger partial charge in [-0.25, -0.2) is 0 Å². The number of H-pyrrole nitrogens is 2. The first-order chi connectivity index (χ1) is 9.29. The molecule has 1 heterocycles. The first-order valence-corrected chi connectivity index (χ1v) is 6.17. The van der Waals surface area contributed by atoms with Crippen molar-refractivity contribution in [1.29, 1.82) is 0 Å². The number of hydrogen-bond acceptors (Lipinski definition) is 2. The zero-order chi connectivity index (χ0) is 14.9. The summed E-state index contributed by atoms with van der Waals surface area (Å²) < 4.78 is 38.9. The zero-order valence-electron chi connectivity index (χ0n) is 10.5. The molecule has 0 aliphatic heterocycles. The molecule has 106 valence electrons. The maximum absolute atomic E-state index is 12.9. The third-order valence-corrected chi connectivity index (χ3v) is 3.15. The maximum atomic E-state index is 12.9. The van der Waals surface area contributed by atoms with Gasteiger partial charge in [-0.15, -0.1) is 0 Å². The van der Waals surface area contributed by atoms with Crippen molar-refractivity contribution in [3.63, 3.8) is 0 Å². The van der Waals surface area contributed by atoms with Crippen LogP contribution < -0.4 is 5.56 Å². The second-order valence-corrected chi connectivity index (χ2v) is 4.75. The highest BCUT2D eigenvalue weighted by atomic mass is 32.1. The van der Waals surface area contributed by atoms with Crippen molar-refractivity contribution in [3.05, 3.63) is 61.8 Å². The predicted octanol–water partition coefficient (Wildman–Crippen LogP) is 3.35. The summed E-state index contributed by atoms with van der Waals surface area (Å²) in [7, 11) is 0. The maximum Gasteiger partial charge on any atom is 0.416 e. The Kier molecular flexibility index (Phi) is 3.80. The summed E-state index contributed by atoms with van der Waals surface area (Å²) in [4.78, 5) is 16.9. The van der Waals surface area contributed by atoms with E-state index >= 15 is 0 Å². The topological polar surface area (TPSA) is 48.6 Å². The van der Waals surface area contributed by atoms with E-state index in [-0.39, 0.29) is 22.3 Å². The summed E-state index contributed by atoms with van der Waals surface area (Å²) in [6.45, 7) is 1.61. The molecule has 0 radical (unpaired) electrons. The van der Waals surface area contributed by atoms with Gasteiger partial charge in [0.05, 0.1) is 5.56 Å². The molecule has 0 fully saturated rings. The van der Waals surface area contributed by atoms with E-state index in [1.807, 2.05) is 0 Å². The average molecular weight is 300 g/mol. The number of aromatic amines is 2. The number of nitrogens with one attached hydrogen (secondary N) is 2. The number of alkyl halides is 3. The van der Waals surface area contributed by atoms with Gasteiger partial charge in [-0.3, -0.25) is 9.78 Å². The number of aryl methyl sites for hydroxylation is 1. The molecule has 0 aliphatic rings. The van der Waals surface area contributed by atoms with Crippen molar-refractivity contribution in [1.82, 2.24) is 9.97 Å². The molecule has 0 spiro atoms. The number of halogens is 3. The van der Waals surface area contributed by atoms with Crippen LogP contribution in [-0.2, 0) is 12.6 Å². The van der Waals surface area contributed by atoms with Gasteiger partial charge in [0.25, 0.3) is 5.56 Å². The fourth-order valence-corrected chi connectivity index (χ4v) is 2.23. The number of hydrogen-bond donors (Lipinski definition) is 2. The van der Waals surface area contributed by atoms with Crippen molar-refractivity contribution < 1.29 is 13.2 Å². The predicted molar refractivity (Wildman–Crippen MR) is 71.2 cm³/mol. The molecule has 1 aromatic carbocycles. The van der Waals surface area contributed by atoms with Crippen LogP contribution in [0.25, 0.3) is 0 Å². The highest BCUT2D eigenvalue weighted by molar-refractivity contribution is 7.71. The Hall–Kier alpha value is -1.89. The van der Waals surface area contributed by atoms with Crippen LogP contribution in [0, 0.1) is 11.7 Å². The fourth-order valence-electron chi connectivity index (χ4n) is 1.98. The molecule has 2 N–H and O–H groups in total. The molecule has 0 saturated heterocycles. The molecule has 2 aromatic rings. The van der Waals surface area contributed by atoms with Gasteiger partial charge >= 0.3 is 6.18 Å². The first kappa shape index (κ1) is 14.5. The van der Waals surface area contributed by atoms with E-state index < -0.39 is 17.3 Å². The smallest absolute Gasteiger partial charge is 0.336 e. The Morgan fingerprint density at radius 1 is 1.20 bits per heavy atom. The molecule has 3 nitrogen and oxygen atoms in total. The minimum Gasteiger partial charge on any atom is -0.336 e. The Labute approximate surface area is 117 Å². The molecule has 0 saturated carbocycles. The second kappa shape index (κ2) is 5.24. The van der Waals surface area contributed by atoms with Crippen molar-refractivity contribution in [3.8, 4) is 0 Å². The van der Waals surface area contributed by atoms with Gasteiger partial charge in [-0.1, -0.05) is 18.2 Å². The van der Waals surface area contributed by atoms with Crippen molar-refractivity contribution in [2.24, 2.45) is 0 Å². The number of aromatic nitrogens is 2. The SMILES string of the molecule is Cc1[nH]c(=S)[nH]c(=O)c1Cc1ccccc1C(F)(F)F. The lowest BCUT2D eigenvalue weighted by molar-refractivity contribution is -0.138. The highest BCUT2D eigenvalue weighted by Crippen LogP contribution is 2.32. The lowest BCUT2D eigenvalue weighted by atomic mass is 9.99. The quantitative estimate of drug-likeness (QED) is 0.836. The van der Waals surface area contributed by atoms with E-state index in [1.54, 1.807) is 6.92 Å². The summed E-state index contributed by atoms with van der Waals surface area (Å²) in [6, 6.07) is 5.20. The molecule has 1 aromatic heterocycles. The molecule has 0 unspecified atom stereocenters. The van der Waals surface area contributed by atoms with Gasteiger partial charge in [-0.2, -0.15) is 13.2 Å². The molecular formula is C13H11F3N2OS. The van der Waals surface area contributed by atoms with Crippen molar-refractivity contribution >= 4 is 12.2 Å². The van der Waals surface area contributed by atoms with Crippen LogP contribution in [0.3, 0.4) is 0 Å². The van der Waals surface area contributed by atoms with Crippen molar-refractivity contribution in [2.45, 2.75) is 19.5 Å². The zero-order valence-corrected chi connectivity index (χ0v) is 11.3. The Bertz CT molecular complexity index is 746. The number of rotatable bonds is 2. The van der Waals surface area contributed by atoms with E-state index in [0.717, 1.165) is 6.07 Å². The lowest BCUT2D eigenvalue weighted by Crippen LogP contribution is -2.18. The van der Waals surface area contributed by atoms with Crippen LogP contribution in [-0.4, -0.2) is 9.97 Å². The van der Waals surface area contributed by atoms with Gasteiger partial charge in [0.15, 0.2) is 4.77 Å². The van der Waals surface area contributed by atoms with Crippen molar-refractivity contribution in [2.75, 3.05) is 0 Å². The van der Waals surface area contributed by atoms with Crippen LogP contribution in [0.15, 0.2) is 29.1 Å². The number of benzene rings is 1. The second-order valence-electron chi connectivity index (χ2n) is 4.34. The minimum atomic E-state index is -4.45. The summed E-state index contributed by atoms with van der Waals surface area (Å²) in [5.74, 6) is 0. The summed E-state index contributed by atoms with van der Waals surface area (Å²) in [6.07, 6.45) is -4.55. The third kappa shape index (κ3) is 2.98. The highest BCUT2D eigenvalue weighted by Gasteiger charge is 2.33. The Balaban J connectivity index is 2.52. The van der Waals surface area contributed by atoms with Gasteiger partial charge in [0, 0.05) is 17.7 Å². The fraction of sp³-hybridized carbons (Fsp3) is 0.231. The van der Waals surface area contributed by atoms with Gasteiger partial charge in [-0.05, 0) is 30.8 Å². The molecule has 20 heavy (non-hydrogen) atoms. The van der Waals surface area contributed by atoms with Crippen LogP contribution in [0.1, 0.15) is 22.4 Å². The molecule has 0 amide bonds. The summed E-state index contributed by atoms with van der Waals surface area (Å²) in [5, 5.41) is 0. The summed E-state index contributed by atoms with van der Waals surface area (Å²) in [5.41, 5.74) is -0.436. The third-order valence-electron chi connectivity index (χ3n) is 2.94. The van der Waals surface area contributed by atoms with E-state index in [9.17, 15) is 18.0 Å². The standard InChI is InChI=1S/C13H11F3N2OS/c1-7-9(11(19)18-12(20)17-7)6-8-4-2-3-5-10(8)13(14,15)16/h2-5H,6H2,1H3,(H2,17,18,19,20). The first-order valence-electron chi connectivity index (χ1n) is 5.76. The molecule has 7 heteroatoms. The van der Waals surface area contributed by atoms with E-state index in [2.05, 4.69) is 9.97 Å². The van der Waals surface area contributed by atoms with E-state index in [1.165, 1.54) is 18.2 Å². The van der Waals surface area contributed by atoms with Gasteiger partial charge < -0.3 is 4.98 Å². The monoisotopic (exact) mass is 300 g/mol. The minimum absolute atomic E-state index is 0.0547. The molecule has 2 rings (SSSR count). The van der Waals surface area contributed by atoms with Gasteiger partial charge in [0.1, 0.15) is 0 Å². The van der Waals surface area contributed by atoms with Gasteiger partial charge in [0.2, 0.25) is 0 Å². The van der Waals surface area contributed by atoms with Crippen LogP contribution in [0.2, 0.25) is 0 Å². The van der Waals surface area contributed by atoms with Crippen LogP contribution in [0.5, 0.6) is 0 Å². The van der Waals surface area contributed by atoms with Crippen LogP contribution >= 0.6 is 12.2 Å². The molecular weight excluding hydrogens is 289 g/mol. The molecule has 0 aliphatic carbocycles. The van der Waals surface area contributed by atoms with E-state index in [0.29, 0.717) is 5.69 Å². The Morgan fingerprint density at radius 3 is 2.45 bits per heavy atom. The molecule has 0 atom stereocenters.